The van der Waals surface area contributed by atoms with E-state index in [4.69, 9.17) is 4.74 Å². The molecule has 180 valence electrons. The van der Waals surface area contributed by atoms with Gasteiger partial charge in [0.15, 0.2) is 11.1 Å². The first-order valence-corrected chi connectivity index (χ1v) is 12.4. The van der Waals surface area contributed by atoms with Crippen molar-refractivity contribution < 1.29 is 4.74 Å². The number of hydrogen-bond acceptors (Lipinski definition) is 6. The van der Waals surface area contributed by atoms with Crippen molar-refractivity contribution >= 4 is 41.7 Å². The number of aryl methyl sites for hydroxylation is 1. The van der Waals surface area contributed by atoms with Gasteiger partial charge in [0.25, 0.3) is 0 Å². The smallest absolute Gasteiger partial charge is 0.191 e. The summed E-state index contributed by atoms with van der Waals surface area (Å²) >= 11 is 1.66. The molecule has 2 N–H and O–H groups in total. The average Bonchev–Trinajstić information content (AvgIpc) is 3.11. The number of nitrogens with one attached hydrogen (secondary N) is 2. The fourth-order valence-corrected chi connectivity index (χ4v) is 4.30. The number of rotatable bonds is 11. The van der Waals surface area contributed by atoms with Crippen LogP contribution in [0.4, 0.5) is 0 Å². The molecule has 1 unspecified atom stereocenters. The van der Waals surface area contributed by atoms with Crippen LogP contribution in [0.25, 0.3) is 0 Å². The van der Waals surface area contributed by atoms with E-state index in [1.807, 2.05) is 7.05 Å². The second-order valence-electron chi connectivity index (χ2n) is 8.55. The van der Waals surface area contributed by atoms with Gasteiger partial charge in [-0.3, -0.25) is 9.89 Å². The van der Waals surface area contributed by atoms with E-state index in [-0.39, 0.29) is 24.0 Å². The number of guanidine groups is 1. The lowest BCUT2D eigenvalue weighted by atomic mass is 10.0. The summed E-state index contributed by atoms with van der Waals surface area (Å²) in [6.07, 6.45) is 3.96. The van der Waals surface area contributed by atoms with Gasteiger partial charge < -0.3 is 19.9 Å². The summed E-state index contributed by atoms with van der Waals surface area (Å²) < 4.78 is 7.77. The lowest BCUT2D eigenvalue weighted by molar-refractivity contribution is 0.00752. The maximum Gasteiger partial charge on any atom is 0.191 e. The molecule has 2 rings (SSSR count). The summed E-state index contributed by atoms with van der Waals surface area (Å²) in [6, 6.07) is 0.479. The molecule has 0 amide bonds. The number of thioether (sulfide) groups is 1. The first-order chi connectivity index (χ1) is 14.5. The van der Waals surface area contributed by atoms with Crippen LogP contribution in [0.2, 0.25) is 0 Å². The fraction of sp³-hybridized carbons (Fsp3) is 0.857. The third kappa shape index (κ3) is 9.43. The van der Waals surface area contributed by atoms with Gasteiger partial charge in [-0.05, 0) is 24.5 Å². The predicted molar refractivity (Wildman–Crippen MR) is 141 cm³/mol. The molecule has 0 saturated carbocycles. The summed E-state index contributed by atoms with van der Waals surface area (Å²) in [5.74, 6) is 3.09. The summed E-state index contributed by atoms with van der Waals surface area (Å²) in [6.45, 7) is 15.4. The molecule has 0 aromatic carbocycles. The quantitative estimate of drug-likeness (QED) is 0.140. The number of hydrogen-bond donors (Lipinski definition) is 2. The van der Waals surface area contributed by atoms with Gasteiger partial charge in [0.1, 0.15) is 5.82 Å². The first kappa shape index (κ1) is 28.4. The van der Waals surface area contributed by atoms with E-state index in [2.05, 4.69) is 69.2 Å². The summed E-state index contributed by atoms with van der Waals surface area (Å²) in [4.78, 5) is 6.93. The molecule has 0 aliphatic carbocycles. The van der Waals surface area contributed by atoms with E-state index in [9.17, 15) is 0 Å². The minimum Gasteiger partial charge on any atom is -0.379 e. The highest BCUT2D eigenvalue weighted by atomic mass is 127. The minimum absolute atomic E-state index is 0. The van der Waals surface area contributed by atoms with Crippen molar-refractivity contribution in [3.8, 4) is 0 Å². The highest BCUT2D eigenvalue weighted by molar-refractivity contribution is 14.0. The van der Waals surface area contributed by atoms with Crippen molar-refractivity contribution in [3.63, 3.8) is 0 Å². The normalized spacial score (nSPS) is 16.5. The second-order valence-corrected chi connectivity index (χ2v) is 9.32. The van der Waals surface area contributed by atoms with E-state index >= 15 is 0 Å². The molecule has 1 aliphatic heterocycles. The van der Waals surface area contributed by atoms with E-state index in [0.717, 1.165) is 75.7 Å². The lowest BCUT2D eigenvalue weighted by Gasteiger charge is -2.37. The second kappa shape index (κ2) is 15.3. The molecule has 1 aromatic rings. The molecular weight excluding hydrogens is 525 g/mol. The molecule has 1 saturated heterocycles. The molecule has 0 radical (unpaired) electrons. The molecule has 1 atom stereocenters. The topological polar surface area (TPSA) is 79.6 Å². The zero-order valence-corrected chi connectivity index (χ0v) is 23.2. The Morgan fingerprint density at radius 2 is 1.87 bits per heavy atom. The fourth-order valence-electron chi connectivity index (χ4n) is 3.77. The minimum atomic E-state index is 0. The van der Waals surface area contributed by atoms with Crippen LogP contribution in [0.5, 0.6) is 0 Å². The molecule has 10 heteroatoms. The number of halogens is 1. The van der Waals surface area contributed by atoms with Gasteiger partial charge in [0, 0.05) is 52.2 Å². The van der Waals surface area contributed by atoms with Crippen molar-refractivity contribution in [2.45, 2.75) is 58.3 Å². The monoisotopic (exact) mass is 567 g/mol. The summed E-state index contributed by atoms with van der Waals surface area (Å²) in [5, 5.41) is 16.7. The third-order valence-corrected chi connectivity index (χ3v) is 6.05. The Morgan fingerprint density at radius 3 is 2.45 bits per heavy atom. The van der Waals surface area contributed by atoms with Gasteiger partial charge in [0.2, 0.25) is 0 Å². The Hall–Kier alpha value is -0.590. The van der Waals surface area contributed by atoms with Gasteiger partial charge in [-0.1, -0.05) is 39.5 Å². The van der Waals surface area contributed by atoms with Crippen LogP contribution in [-0.2, 0) is 17.7 Å². The number of morpholine rings is 1. The van der Waals surface area contributed by atoms with Crippen LogP contribution in [0.1, 0.15) is 39.9 Å². The lowest BCUT2D eigenvalue weighted by Crippen LogP contribution is -2.52. The molecule has 1 aromatic heterocycles. The van der Waals surface area contributed by atoms with E-state index in [1.165, 1.54) is 0 Å². The highest BCUT2D eigenvalue weighted by Crippen LogP contribution is 2.16. The molecule has 1 fully saturated rings. The maximum absolute atomic E-state index is 5.51. The molecule has 2 heterocycles. The van der Waals surface area contributed by atoms with Crippen LogP contribution in [0.15, 0.2) is 10.1 Å². The average molecular weight is 568 g/mol. The van der Waals surface area contributed by atoms with Gasteiger partial charge in [-0.25, -0.2) is 0 Å². The maximum atomic E-state index is 5.51. The van der Waals surface area contributed by atoms with E-state index in [0.29, 0.717) is 17.9 Å². The zero-order valence-electron chi connectivity index (χ0n) is 20.1. The van der Waals surface area contributed by atoms with Gasteiger partial charge in [-0.15, -0.1) is 34.2 Å². The van der Waals surface area contributed by atoms with Crippen LogP contribution in [0.3, 0.4) is 0 Å². The van der Waals surface area contributed by atoms with Crippen molar-refractivity contribution in [1.82, 2.24) is 30.3 Å². The zero-order chi connectivity index (χ0) is 21.9. The largest absolute Gasteiger partial charge is 0.379 e. The van der Waals surface area contributed by atoms with Gasteiger partial charge in [-0.2, -0.15) is 0 Å². The Bertz CT molecular complexity index is 648. The standard InChI is InChI=1S/C21H41N7OS.HI/c1-16(2)15-28-19(25-26-21(28)30-6)8-7-9-23-20(22-5)24-14-18(17(3)4)27-10-12-29-13-11-27;/h16-18H,7-15H2,1-6H3,(H2,22,23,24);1H. The Kier molecular flexibility index (Phi) is 14.0. The van der Waals surface area contributed by atoms with E-state index in [1.54, 1.807) is 11.8 Å². The molecule has 0 spiro atoms. The summed E-state index contributed by atoms with van der Waals surface area (Å²) in [5.41, 5.74) is 0. The third-order valence-electron chi connectivity index (χ3n) is 5.38. The highest BCUT2D eigenvalue weighted by Gasteiger charge is 2.23. The molecule has 0 bridgehead atoms. The first-order valence-electron chi connectivity index (χ1n) is 11.2. The van der Waals surface area contributed by atoms with Crippen molar-refractivity contribution in [2.75, 3.05) is 52.7 Å². The molecule has 8 nitrogen and oxygen atoms in total. The van der Waals surface area contributed by atoms with Gasteiger partial charge >= 0.3 is 0 Å². The number of ether oxygens (including phenoxy) is 1. The van der Waals surface area contributed by atoms with E-state index < -0.39 is 0 Å². The van der Waals surface area contributed by atoms with Crippen molar-refractivity contribution in [3.05, 3.63) is 5.82 Å². The van der Waals surface area contributed by atoms with Crippen LogP contribution in [-0.4, -0.2) is 84.4 Å². The van der Waals surface area contributed by atoms with Crippen LogP contribution >= 0.6 is 35.7 Å². The Labute approximate surface area is 209 Å². The number of aliphatic imine (C=N–C) groups is 1. The molecule has 31 heavy (non-hydrogen) atoms. The van der Waals surface area contributed by atoms with Crippen molar-refractivity contribution in [2.24, 2.45) is 16.8 Å². The van der Waals surface area contributed by atoms with Crippen LogP contribution < -0.4 is 10.6 Å². The number of nitrogens with zero attached hydrogens (tertiary/aromatic N) is 5. The van der Waals surface area contributed by atoms with Gasteiger partial charge in [0.05, 0.1) is 13.2 Å². The Balaban J connectivity index is 0.00000480. The molecular formula is C21H42IN7OS. The SMILES string of the molecule is CN=C(NCCCc1nnc(SC)n1CC(C)C)NCC(C(C)C)N1CCOCC1.I. The predicted octanol–water partition coefficient (Wildman–Crippen LogP) is 2.73. The molecule has 1 aliphatic rings. The number of aromatic nitrogens is 3. The van der Waals surface area contributed by atoms with Crippen molar-refractivity contribution in [1.29, 1.82) is 0 Å². The Morgan fingerprint density at radius 1 is 1.16 bits per heavy atom. The van der Waals surface area contributed by atoms with Crippen LogP contribution in [0, 0.1) is 11.8 Å². The summed E-state index contributed by atoms with van der Waals surface area (Å²) in [7, 11) is 1.83.